The SMILES string of the molecule is CCNC(C)(C)C(=O)NCC(CC)(CC)C(=O)O. The molecule has 106 valence electrons. The lowest BCUT2D eigenvalue weighted by Gasteiger charge is -2.30. The number of rotatable bonds is 8. The van der Waals surface area contributed by atoms with Crippen LogP contribution < -0.4 is 10.6 Å². The molecule has 0 heterocycles. The van der Waals surface area contributed by atoms with Crippen molar-refractivity contribution in [2.75, 3.05) is 13.1 Å². The number of carbonyl (C=O) groups is 2. The van der Waals surface area contributed by atoms with Gasteiger partial charge in [0.1, 0.15) is 0 Å². The van der Waals surface area contributed by atoms with E-state index in [1.54, 1.807) is 13.8 Å². The molecule has 0 saturated heterocycles. The van der Waals surface area contributed by atoms with Gasteiger partial charge < -0.3 is 15.7 Å². The summed E-state index contributed by atoms with van der Waals surface area (Å²) >= 11 is 0. The van der Waals surface area contributed by atoms with E-state index >= 15 is 0 Å². The lowest BCUT2D eigenvalue weighted by atomic mass is 9.82. The number of carboxylic acids is 1. The lowest BCUT2D eigenvalue weighted by molar-refractivity contribution is -0.149. The van der Waals surface area contributed by atoms with Crippen LogP contribution in [0.2, 0.25) is 0 Å². The Labute approximate surface area is 109 Å². The zero-order valence-corrected chi connectivity index (χ0v) is 12.1. The van der Waals surface area contributed by atoms with Crippen molar-refractivity contribution in [2.45, 2.75) is 53.0 Å². The predicted octanol–water partition coefficient (Wildman–Crippen LogP) is 1.38. The van der Waals surface area contributed by atoms with E-state index in [0.29, 0.717) is 19.4 Å². The number of aliphatic carboxylic acids is 1. The standard InChI is InChI=1S/C13H26N2O3/c1-6-13(7-2,11(17)18)9-14-10(16)12(4,5)15-8-3/h15H,6-9H2,1-5H3,(H,14,16)(H,17,18). The first kappa shape index (κ1) is 16.9. The Morgan fingerprint density at radius 2 is 1.61 bits per heavy atom. The highest BCUT2D eigenvalue weighted by Gasteiger charge is 2.36. The van der Waals surface area contributed by atoms with Crippen molar-refractivity contribution >= 4 is 11.9 Å². The van der Waals surface area contributed by atoms with Gasteiger partial charge >= 0.3 is 5.97 Å². The van der Waals surface area contributed by atoms with Gasteiger partial charge in [0, 0.05) is 6.54 Å². The van der Waals surface area contributed by atoms with Gasteiger partial charge in [0.25, 0.3) is 0 Å². The van der Waals surface area contributed by atoms with Gasteiger partial charge in [-0.2, -0.15) is 0 Å². The Bertz CT molecular complexity index is 297. The van der Waals surface area contributed by atoms with Crippen LogP contribution in [-0.2, 0) is 9.59 Å². The van der Waals surface area contributed by atoms with Gasteiger partial charge in [-0.25, -0.2) is 0 Å². The average Bonchev–Trinajstić information content (AvgIpc) is 2.30. The van der Waals surface area contributed by atoms with Crippen LogP contribution in [0.4, 0.5) is 0 Å². The summed E-state index contributed by atoms with van der Waals surface area (Å²) in [6.45, 7) is 10.0. The first-order valence-corrected chi connectivity index (χ1v) is 6.52. The van der Waals surface area contributed by atoms with E-state index < -0.39 is 16.9 Å². The van der Waals surface area contributed by atoms with Crippen LogP contribution in [0.3, 0.4) is 0 Å². The Morgan fingerprint density at radius 3 is 1.94 bits per heavy atom. The van der Waals surface area contributed by atoms with Crippen LogP contribution in [0.25, 0.3) is 0 Å². The van der Waals surface area contributed by atoms with Crippen molar-refractivity contribution in [3.63, 3.8) is 0 Å². The Morgan fingerprint density at radius 1 is 1.11 bits per heavy atom. The number of carboxylic acid groups (broad SMARTS) is 1. The smallest absolute Gasteiger partial charge is 0.311 e. The topological polar surface area (TPSA) is 78.4 Å². The molecule has 0 unspecified atom stereocenters. The van der Waals surface area contributed by atoms with Gasteiger partial charge in [0.2, 0.25) is 5.91 Å². The fourth-order valence-electron chi connectivity index (χ4n) is 1.87. The Kier molecular flexibility index (Phi) is 6.32. The molecular formula is C13H26N2O3. The zero-order valence-electron chi connectivity index (χ0n) is 12.1. The molecule has 18 heavy (non-hydrogen) atoms. The number of likely N-dealkylation sites (N-methyl/N-ethyl adjacent to an activating group) is 1. The van der Waals surface area contributed by atoms with Crippen molar-refractivity contribution < 1.29 is 14.7 Å². The van der Waals surface area contributed by atoms with Crippen molar-refractivity contribution in [1.82, 2.24) is 10.6 Å². The molecule has 0 fully saturated rings. The van der Waals surface area contributed by atoms with Crippen molar-refractivity contribution in [3.05, 3.63) is 0 Å². The third kappa shape index (κ3) is 3.98. The number of carbonyl (C=O) groups excluding carboxylic acids is 1. The molecule has 0 aliphatic heterocycles. The minimum Gasteiger partial charge on any atom is -0.481 e. The number of nitrogens with one attached hydrogen (secondary N) is 2. The molecule has 0 spiro atoms. The maximum absolute atomic E-state index is 12.0. The van der Waals surface area contributed by atoms with E-state index in [4.69, 9.17) is 0 Å². The minimum atomic E-state index is -0.863. The molecule has 0 aliphatic carbocycles. The summed E-state index contributed by atoms with van der Waals surface area (Å²) in [6, 6.07) is 0. The third-order valence-corrected chi connectivity index (χ3v) is 3.58. The molecule has 5 heteroatoms. The van der Waals surface area contributed by atoms with Crippen molar-refractivity contribution in [3.8, 4) is 0 Å². The Balaban J connectivity index is 4.64. The highest BCUT2D eigenvalue weighted by atomic mass is 16.4. The van der Waals surface area contributed by atoms with Crippen LogP contribution in [-0.4, -0.2) is 35.6 Å². The summed E-state index contributed by atoms with van der Waals surface area (Å²) in [7, 11) is 0. The number of hydrogen-bond acceptors (Lipinski definition) is 3. The zero-order chi connectivity index (χ0) is 14.4. The van der Waals surface area contributed by atoms with E-state index in [0.717, 1.165) is 0 Å². The number of hydrogen-bond donors (Lipinski definition) is 3. The fraction of sp³-hybridized carbons (Fsp3) is 0.846. The second kappa shape index (κ2) is 6.73. The van der Waals surface area contributed by atoms with Gasteiger partial charge in [-0.3, -0.25) is 9.59 Å². The van der Waals surface area contributed by atoms with Gasteiger partial charge in [0.15, 0.2) is 0 Å². The van der Waals surface area contributed by atoms with E-state index in [9.17, 15) is 14.7 Å². The Hall–Kier alpha value is -1.10. The van der Waals surface area contributed by atoms with Gasteiger partial charge in [-0.05, 0) is 33.2 Å². The van der Waals surface area contributed by atoms with Crippen molar-refractivity contribution in [1.29, 1.82) is 0 Å². The maximum atomic E-state index is 12.0. The van der Waals surface area contributed by atoms with Crippen LogP contribution in [0.15, 0.2) is 0 Å². The summed E-state index contributed by atoms with van der Waals surface area (Å²) in [6.07, 6.45) is 1.00. The summed E-state index contributed by atoms with van der Waals surface area (Å²) in [4.78, 5) is 23.3. The normalized spacial score (nSPS) is 12.3. The second-order valence-corrected chi connectivity index (χ2v) is 5.13. The summed E-state index contributed by atoms with van der Waals surface area (Å²) < 4.78 is 0. The quantitative estimate of drug-likeness (QED) is 0.614. The fourth-order valence-corrected chi connectivity index (χ4v) is 1.87. The summed E-state index contributed by atoms with van der Waals surface area (Å²) in [5.74, 6) is -1.02. The number of amides is 1. The van der Waals surface area contributed by atoms with E-state index in [-0.39, 0.29) is 12.5 Å². The molecule has 0 aromatic heterocycles. The molecule has 0 saturated carbocycles. The second-order valence-electron chi connectivity index (χ2n) is 5.13. The molecule has 0 atom stereocenters. The molecule has 3 N–H and O–H groups in total. The van der Waals surface area contributed by atoms with Crippen molar-refractivity contribution in [2.24, 2.45) is 5.41 Å². The lowest BCUT2D eigenvalue weighted by Crippen LogP contribution is -2.55. The van der Waals surface area contributed by atoms with Gasteiger partial charge in [-0.1, -0.05) is 20.8 Å². The maximum Gasteiger partial charge on any atom is 0.311 e. The highest BCUT2D eigenvalue weighted by Crippen LogP contribution is 2.25. The average molecular weight is 258 g/mol. The summed E-state index contributed by atoms with van der Waals surface area (Å²) in [5, 5.41) is 15.1. The van der Waals surface area contributed by atoms with Crippen LogP contribution >= 0.6 is 0 Å². The summed E-state index contributed by atoms with van der Waals surface area (Å²) in [5.41, 5.74) is -1.54. The predicted molar refractivity (Wildman–Crippen MR) is 71.4 cm³/mol. The molecule has 0 radical (unpaired) electrons. The highest BCUT2D eigenvalue weighted by molar-refractivity contribution is 5.86. The van der Waals surface area contributed by atoms with Crippen LogP contribution in [0, 0.1) is 5.41 Å². The van der Waals surface area contributed by atoms with E-state index in [2.05, 4.69) is 10.6 Å². The largest absolute Gasteiger partial charge is 0.481 e. The molecule has 0 aromatic rings. The van der Waals surface area contributed by atoms with Gasteiger partial charge in [-0.15, -0.1) is 0 Å². The molecule has 0 rings (SSSR count). The third-order valence-electron chi connectivity index (χ3n) is 3.58. The van der Waals surface area contributed by atoms with Crippen LogP contribution in [0.1, 0.15) is 47.5 Å². The monoisotopic (exact) mass is 258 g/mol. The molecular weight excluding hydrogens is 232 g/mol. The molecule has 0 aliphatic rings. The molecule has 1 amide bonds. The first-order chi connectivity index (χ1) is 8.25. The van der Waals surface area contributed by atoms with Crippen LogP contribution in [0.5, 0.6) is 0 Å². The molecule has 0 bridgehead atoms. The minimum absolute atomic E-state index is 0.170. The molecule has 5 nitrogen and oxygen atoms in total. The van der Waals surface area contributed by atoms with E-state index in [1.165, 1.54) is 0 Å². The van der Waals surface area contributed by atoms with Gasteiger partial charge in [0.05, 0.1) is 11.0 Å². The van der Waals surface area contributed by atoms with E-state index in [1.807, 2.05) is 20.8 Å². The first-order valence-electron chi connectivity index (χ1n) is 6.52. The molecule has 0 aromatic carbocycles.